The summed E-state index contributed by atoms with van der Waals surface area (Å²) in [6.07, 6.45) is 4.43. The molecule has 6 nitrogen and oxygen atoms in total. The SMILES string of the molecule is C/C=C/c1cccc(-c2nc(C(=O)NCc3ccccc3)cc3c2[C@@H](CCO)N([S@](=O)C(C)(C)C)C3)c1. The molecule has 0 spiro atoms. The Hall–Kier alpha value is -3.13. The van der Waals surface area contributed by atoms with Crippen LogP contribution < -0.4 is 5.32 Å². The summed E-state index contributed by atoms with van der Waals surface area (Å²) in [7, 11) is -1.31. The van der Waals surface area contributed by atoms with Gasteiger partial charge in [0.05, 0.1) is 16.5 Å². The Morgan fingerprint density at radius 3 is 2.59 bits per heavy atom. The molecular weight excluding hydrogens is 482 g/mol. The smallest absolute Gasteiger partial charge is 0.270 e. The minimum absolute atomic E-state index is 0.0423. The molecule has 1 aromatic heterocycles. The van der Waals surface area contributed by atoms with E-state index in [4.69, 9.17) is 4.98 Å². The summed E-state index contributed by atoms with van der Waals surface area (Å²) in [5.74, 6) is -0.258. The fourth-order valence-corrected chi connectivity index (χ4v) is 6.06. The highest BCUT2D eigenvalue weighted by atomic mass is 32.2. The number of amides is 1. The Labute approximate surface area is 222 Å². The van der Waals surface area contributed by atoms with Crippen molar-refractivity contribution in [2.24, 2.45) is 0 Å². The molecule has 0 saturated carbocycles. The predicted octanol–water partition coefficient (Wildman–Crippen LogP) is 5.41. The van der Waals surface area contributed by atoms with Gasteiger partial charge in [0, 0.05) is 30.8 Å². The van der Waals surface area contributed by atoms with E-state index >= 15 is 0 Å². The highest BCUT2D eigenvalue weighted by Crippen LogP contribution is 2.44. The molecule has 0 unspecified atom stereocenters. The van der Waals surface area contributed by atoms with Crippen LogP contribution in [-0.2, 0) is 24.1 Å². The Morgan fingerprint density at radius 1 is 1.16 bits per heavy atom. The molecule has 0 saturated heterocycles. The first kappa shape index (κ1) is 26.9. The number of carbonyl (C=O) groups excluding carboxylic acids is 1. The van der Waals surface area contributed by atoms with Crippen molar-refractivity contribution >= 4 is 23.0 Å². The number of hydrogen-bond acceptors (Lipinski definition) is 4. The van der Waals surface area contributed by atoms with E-state index in [1.165, 1.54) is 0 Å². The molecule has 0 radical (unpaired) electrons. The molecule has 0 fully saturated rings. The van der Waals surface area contributed by atoms with E-state index in [1.54, 1.807) is 0 Å². The van der Waals surface area contributed by atoms with Crippen LogP contribution in [0.1, 0.15) is 72.9 Å². The van der Waals surface area contributed by atoms with E-state index in [1.807, 2.05) is 105 Å². The zero-order valence-electron chi connectivity index (χ0n) is 21.9. The van der Waals surface area contributed by atoms with E-state index in [0.29, 0.717) is 30.9 Å². The largest absolute Gasteiger partial charge is 0.396 e. The second kappa shape index (κ2) is 11.5. The Bertz CT molecular complexity index is 1320. The van der Waals surface area contributed by atoms with Crippen LogP contribution >= 0.6 is 0 Å². The first-order chi connectivity index (χ1) is 17.7. The summed E-state index contributed by atoms with van der Waals surface area (Å²) in [5.41, 5.74) is 5.79. The molecular formula is C30H35N3O3S. The van der Waals surface area contributed by atoms with Gasteiger partial charge in [-0.25, -0.2) is 13.5 Å². The van der Waals surface area contributed by atoms with Gasteiger partial charge in [-0.1, -0.05) is 60.7 Å². The molecule has 37 heavy (non-hydrogen) atoms. The first-order valence-corrected chi connectivity index (χ1v) is 13.7. The van der Waals surface area contributed by atoms with Crippen LogP contribution in [0, 0.1) is 0 Å². The summed E-state index contributed by atoms with van der Waals surface area (Å²) < 4.78 is 15.0. The van der Waals surface area contributed by atoms with Gasteiger partial charge in [-0.2, -0.15) is 0 Å². The number of hydrogen-bond donors (Lipinski definition) is 2. The fraction of sp³-hybridized carbons (Fsp3) is 0.333. The van der Waals surface area contributed by atoms with Gasteiger partial charge in [-0.3, -0.25) is 4.79 Å². The molecule has 2 atom stereocenters. The zero-order valence-corrected chi connectivity index (χ0v) is 22.7. The third-order valence-electron chi connectivity index (χ3n) is 6.34. The van der Waals surface area contributed by atoms with Gasteiger partial charge in [0.1, 0.15) is 16.7 Å². The summed E-state index contributed by atoms with van der Waals surface area (Å²) >= 11 is 0. The van der Waals surface area contributed by atoms with Crippen LogP contribution in [0.4, 0.5) is 0 Å². The number of nitrogens with one attached hydrogen (secondary N) is 1. The Morgan fingerprint density at radius 2 is 1.92 bits per heavy atom. The molecule has 3 aromatic rings. The van der Waals surface area contributed by atoms with Crippen LogP contribution in [0.25, 0.3) is 17.3 Å². The van der Waals surface area contributed by atoms with Crippen LogP contribution in [-0.4, -0.2) is 35.9 Å². The highest BCUT2D eigenvalue weighted by molar-refractivity contribution is 7.84. The number of aliphatic hydroxyl groups excluding tert-OH is 1. The van der Waals surface area contributed by atoms with Gasteiger partial charge in [0.15, 0.2) is 0 Å². The number of aliphatic hydroxyl groups is 1. The van der Waals surface area contributed by atoms with Crippen molar-refractivity contribution < 1.29 is 14.1 Å². The quantitative estimate of drug-likeness (QED) is 0.418. The summed E-state index contributed by atoms with van der Waals surface area (Å²) in [4.78, 5) is 18.1. The van der Waals surface area contributed by atoms with E-state index in [2.05, 4.69) is 5.32 Å². The maximum absolute atomic E-state index is 13.5. The van der Waals surface area contributed by atoms with Crippen molar-refractivity contribution in [3.8, 4) is 11.3 Å². The number of rotatable bonds is 8. The van der Waals surface area contributed by atoms with Crippen molar-refractivity contribution in [1.82, 2.24) is 14.6 Å². The van der Waals surface area contributed by atoms with Gasteiger partial charge < -0.3 is 10.4 Å². The third-order valence-corrected chi connectivity index (χ3v) is 8.20. The van der Waals surface area contributed by atoms with E-state index in [9.17, 15) is 14.1 Å². The number of benzene rings is 2. The highest BCUT2D eigenvalue weighted by Gasteiger charge is 2.40. The summed E-state index contributed by atoms with van der Waals surface area (Å²) in [5, 5.41) is 12.9. The second-order valence-corrected chi connectivity index (χ2v) is 12.4. The lowest BCUT2D eigenvalue weighted by molar-refractivity contribution is 0.0946. The molecule has 2 heterocycles. The van der Waals surface area contributed by atoms with Gasteiger partial charge in [0.25, 0.3) is 5.91 Å². The molecule has 2 aromatic carbocycles. The minimum Gasteiger partial charge on any atom is -0.396 e. The lowest BCUT2D eigenvalue weighted by Crippen LogP contribution is -2.36. The van der Waals surface area contributed by atoms with Gasteiger partial charge >= 0.3 is 0 Å². The van der Waals surface area contributed by atoms with Crippen molar-refractivity contribution in [1.29, 1.82) is 0 Å². The maximum Gasteiger partial charge on any atom is 0.270 e. The Kier molecular flexibility index (Phi) is 8.37. The van der Waals surface area contributed by atoms with Crippen molar-refractivity contribution in [3.63, 3.8) is 0 Å². The van der Waals surface area contributed by atoms with E-state index < -0.39 is 15.7 Å². The number of carbonyl (C=O) groups is 1. The number of fused-ring (bicyclic) bond motifs is 1. The molecule has 1 aliphatic rings. The predicted molar refractivity (Wildman–Crippen MR) is 150 cm³/mol. The number of aromatic nitrogens is 1. The van der Waals surface area contributed by atoms with Gasteiger partial charge in [0.2, 0.25) is 0 Å². The number of pyridine rings is 1. The first-order valence-electron chi connectivity index (χ1n) is 12.6. The summed E-state index contributed by atoms with van der Waals surface area (Å²) in [6.45, 7) is 8.60. The summed E-state index contributed by atoms with van der Waals surface area (Å²) in [6, 6.07) is 19.3. The number of allylic oxidation sites excluding steroid dienone is 1. The van der Waals surface area contributed by atoms with Gasteiger partial charge in [-0.05, 0) is 62.9 Å². The lowest BCUT2D eigenvalue weighted by atomic mass is 9.95. The molecule has 2 N–H and O–H groups in total. The fourth-order valence-electron chi connectivity index (χ4n) is 4.66. The van der Waals surface area contributed by atoms with Gasteiger partial charge in [-0.15, -0.1) is 0 Å². The van der Waals surface area contributed by atoms with Crippen LogP contribution in [0.5, 0.6) is 0 Å². The number of nitrogens with zero attached hydrogens (tertiary/aromatic N) is 2. The second-order valence-electron chi connectivity index (χ2n) is 10.2. The normalized spacial score (nSPS) is 16.6. The van der Waals surface area contributed by atoms with Crippen molar-refractivity contribution in [2.45, 2.75) is 58.0 Å². The maximum atomic E-state index is 13.5. The minimum atomic E-state index is -1.31. The molecule has 0 aliphatic carbocycles. The molecule has 0 bridgehead atoms. The molecule has 1 amide bonds. The van der Waals surface area contributed by atoms with Crippen LogP contribution in [0.3, 0.4) is 0 Å². The molecule has 194 valence electrons. The Balaban J connectivity index is 1.80. The third kappa shape index (κ3) is 6.06. The monoisotopic (exact) mass is 517 g/mol. The van der Waals surface area contributed by atoms with Crippen LogP contribution in [0.2, 0.25) is 0 Å². The van der Waals surface area contributed by atoms with Crippen LogP contribution in [0.15, 0.2) is 66.7 Å². The standard InChI is InChI=1S/C30H35N3O3S/c1-5-10-21-13-9-14-23(17-21)28-27-24(20-33(26(27)15-16-34)37(36)30(2,3)4)18-25(32-28)29(35)31-19-22-11-7-6-8-12-22/h5-14,17-18,26,34H,15-16,19-20H2,1-4H3,(H,31,35)/b10-5+/t26-,37-/m1/s1. The van der Waals surface area contributed by atoms with E-state index in [-0.39, 0.29) is 18.6 Å². The average Bonchev–Trinajstić information content (AvgIpc) is 3.25. The van der Waals surface area contributed by atoms with Crippen molar-refractivity contribution in [2.75, 3.05) is 6.61 Å². The molecule has 1 aliphatic heterocycles. The molecule has 7 heteroatoms. The lowest BCUT2D eigenvalue weighted by Gasteiger charge is -2.30. The van der Waals surface area contributed by atoms with Crippen molar-refractivity contribution in [3.05, 3.63) is 94.7 Å². The molecule has 4 rings (SSSR count). The topological polar surface area (TPSA) is 82.5 Å². The zero-order chi connectivity index (χ0) is 26.6. The average molecular weight is 518 g/mol. The van der Waals surface area contributed by atoms with E-state index in [0.717, 1.165) is 27.8 Å².